The van der Waals surface area contributed by atoms with Crippen molar-refractivity contribution in [3.05, 3.63) is 58.9 Å². The fourth-order valence-corrected chi connectivity index (χ4v) is 2.42. The fourth-order valence-electron chi connectivity index (χ4n) is 1.36. The number of rotatable bonds is 3. The zero-order chi connectivity index (χ0) is 12.3. The second kappa shape index (κ2) is 5.43. The number of halogens is 2. The van der Waals surface area contributed by atoms with Crippen LogP contribution >= 0.6 is 23.4 Å². The van der Waals surface area contributed by atoms with Crippen molar-refractivity contribution in [1.29, 1.82) is 0 Å². The molecule has 0 unspecified atom stereocenters. The summed E-state index contributed by atoms with van der Waals surface area (Å²) in [5.41, 5.74) is 0.579. The Bertz CT molecular complexity index is 513. The molecule has 0 bridgehead atoms. The number of phenols is 1. The van der Waals surface area contributed by atoms with Crippen LogP contribution in [0.4, 0.5) is 4.39 Å². The van der Waals surface area contributed by atoms with E-state index in [1.54, 1.807) is 30.3 Å². The molecule has 0 saturated carbocycles. The van der Waals surface area contributed by atoms with Crippen LogP contribution in [0.1, 0.15) is 5.56 Å². The van der Waals surface area contributed by atoms with Gasteiger partial charge in [-0.1, -0.05) is 11.6 Å². The molecule has 88 valence electrons. The van der Waals surface area contributed by atoms with Gasteiger partial charge in [-0.3, -0.25) is 0 Å². The van der Waals surface area contributed by atoms with Gasteiger partial charge in [-0.2, -0.15) is 0 Å². The predicted molar refractivity (Wildman–Crippen MR) is 69.1 cm³/mol. The lowest BCUT2D eigenvalue weighted by Crippen LogP contribution is -1.87. The normalized spacial score (nSPS) is 10.5. The minimum Gasteiger partial charge on any atom is -0.508 e. The highest BCUT2D eigenvalue weighted by atomic mass is 35.5. The lowest BCUT2D eigenvalue weighted by Gasteiger charge is -2.04. The molecule has 1 nitrogen and oxygen atoms in total. The van der Waals surface area contributed by atoms with Gasteiger partial charge in [0.1, 0.15) is 11.6 Å². The standard InChI is InChI=1S/C13H10ClFOS/c14-10-1-6-13(15)9(7-10)8-17-12-4-2-11(16)3-5-12/h1-7,16H,8H2. The fraction of sp³-hybridized carbons (Fsp3) is 0.0769. The summed E-state index contributed by atoms with van der Waals surface area (Å²) in [4.78, 5) is 0.974. The predicted octanol–water partition coefficient (Wildman–Crippen LogP) is 4.48. The molecule has 0 aliphatic heterocycles. The number of benzene rings is 2. The van der Waals surface area contributed by atoms with E-state index in [4.69, 9.17) is 16.7 Å². The monoisotopic (exact) mass is 268 g/mol. The van der Waals surface area contributed by atoms with Crippen molar-refractivity contribution in [2.45, 2.75) is 10.6 Å². The third-order valence-corrected chi connectivity index (χ3v) is 3.53. The first-order chi connectivity index (χ1) is 8.15. The van der Waals surface area contributed by atoms with Gasteiger partial charge >= 0.3 is 0 Å². The van der Waals surface area contributed by atoms with Crippen molar-refractivity contribution in [2.75, 3.05) is 0 Å². The molecule has 0 aromatic heterocycles. The molecule has 0 saturated heterocycles. The molecule has 0 amide bonds. The Morgan fingerprint density at radius 1 is 1.12 bits per heavy atom. The summed E-state index contributed by atoms with van der Waals surface area (Å²) in [6, 6.07) is 11.3. The summed E-state index contributed by atoms with van der Waals surface area (Å²) < 4.78 is 13.4. The SMILES string of the molecule is Oc1ccc(SCc2cc(Cl)ccc2F)cc1. The van der Waals surface area contributed by atoms with Crippen LogP contribution in [0, 0.1) is 5.82 Å². The van der Waals surface area contributed by atoms with Crippen LogP contribution in [0.3, 0.4) is 0 Å². The molecule has 2 aromatic carbocycles. The summed E-state index contributed by atoms with van der Waals surface area (Å²) >= 11 is 7.31. The molecule has 4 heteroatoms. The summed E-state index contributed by atoms with van der Waals surface area (Å²) in [6.07, 6.45) is 0. The van der Waals surface area contributed by atoms with Crippen molar-refractivity contribution < 1.29 is 9.50 Å². The van der Waals surface area contributed by atoms with Gasteiger partial charge in [0.25, 0.3) is 0 Å². The van der Waals surface area contributed by atoms with E-state index < -0.39 is 0 Å². The lowest BCUT2D eigenvalue weighted by atomic mass is 10.2. The van der Waals surface area contributed by atoms with Gasteiger partial charge < -0.3 is 5.11 Å². The Morgan fingerprint density at radius 2 is 1.82 bits per heavy atom. The van der Waals surface area contributed by atoms with Crippen molar-refractivity contribution in [1.82, 2.24) is 0 Å². The maximum absolute atomic E-state index is 13.4. The second-order valence-corrected chi connectivity index (χ2v) is 5.00. The molecule has 0 heterocycles. The Hall–Kier alpha value is -1.19. The van der Waals surface area contributed by atoms with E-state index in [0.29, 0.717) is 16.3 Å². The number of phenolic OH excluding ortho intramolecular Hbond substituents is 1. The number of thioether (sulfide) groups is 1. The van der Waals surface area contributed by atoms with Crippen molar-refractivity contribution in [3.63, 3.8) is 0 Å². The molecule has 0 atom stereocenters. The maximum Gasteiger partial charge on any atom is 0.127 e. The highest BCUT2D eigenvalue weighted by molar-refractivity contribution is 7.98. The first-order valence-corrected chi connectivity index (χ1v) is 6.37. The minimum atomic E-state index is -0.249. The Kier molecular flexibility index (Phi) is 3.92. The van der Waals surface area contributed by atoms with Gasteiger partial charge in [-0.15, -0.1) is 11.8 Å². The largest absolute Gasteiger partial charge is 0.508 e. The van der Waals surface area contributed by atoms with Crippen molar-refractivity contribution in [2.24, 2.45) is 0 Å². The van der Waals surface area contributed by atoms with Gasteiger partial charge in [-0.05, 0) is 48.0 Å². The van der Waals surface area contributed by atoms with Gasteiger partial charge in [0, 0.05) is 15.7 Å². The van der Waals surface area contributed by atoms with E-state index in [1.807, 2.05) is 0 Å². The summed E-state index contributed by atoms with van der Waals surface area (Å²) in [5, 5.41) is 9.67. The van der Waals surface area contributed by atoms with E-state index >= 15 is 0 Å². The number of hydrogen-bond donors (Lipinski definition) is 1. The van der Waals surface area contributed by atoms with E-state index in [1.165, 1.54) is 23.9 Å². The van der Waals surface area contributed by atoms with Gasteiger partial charge in [-0.25, -0.2) is 4.39 Å². The molecule has 1 N–H and O–H groups in total. The third-order valence-electron chi connectivity index (χ3n) is 2.24. The quantitative estimate of drug-likeness (QED) is 0.829. The van der Waals surface area contributed by atoms with Crippen LogP contribution in [0.5, 0.6) is 5.75 Å². The molecule has 0 fully saturated rings. The molecule has 0 aliphatic rings. The topological polar surface area (TPSA) is 20.2 Å². The first-order valence-electron chi connectivity index (χ1n) is 5.01. The number of aromatic hydroxyl groups is 1. The summed E-state index contributed by atoms with van der Waals surface area (Å²) in [6.45, 7) is 0. The van der Waals surface area contributed by atoms with Crippen LogP contribution < -0.4 is 0 Å². The molecule has 17 heavy (non-hydrogen) atoms. The summed E-state index contributed by atoms with van der Waals surface area (Å²) in [7, 11) is 0. The first kappa shape index (κ1) is 12.3. The number of hydrogen-bond acceptors (Lipinski definition) is 2. The van der Waals surface area contributed by atoms with Gasteiger partial charge in [0.2, 0.25) is 0 Å². The van der Waals surface area contributed by atoms with E-state index in [0.717, 1.165) is 4.90 Å². The Balaban J connectivity index is 2.07. The van der Waals surface area contributed by atoms with Crippen molar-refractivity contribution in [3.8, 4) is 5.75 Å². The highest BCUT2D eigenvalue weighted by Gasteiger charge is 2.04. The van der Waals surface area contributed by atoms with Crippen LogP contribution in [0.2, 0.25) is 5.02 Å². The zero-order valence-electron chi connectivity index (χ0n) is 8.86. The lowest BCUT2D eigenvalue weighted by molar-refractivity contribution is 0.475. The summed E-state index contributed by atoms with van der Waals surface area (Å²) in [5.74, 6) is 0.487. The zero-order valence-corrected chi connectivity index (χ0v) is 10.4. The van der Waals surface area contributed by atoms with Crippen LogP contribution in [0.15, 0.2) is 47.4 Å². The molecule has 0 spiro atoms. The third kappa shape index (κ3) is 3.38. The van der Waals surface area contributed by atoms with E-state index in [-0.39, 0.29) is 11.6 Å². The van der Waals surface area contributed by atoms with Crippen LogP contribution in [0.25, 0.3) is 0 Å². The molecular weight excluding hydrogens is 259 g/mol. The van der Waals surface area contributed by atoms with Crippen LogP contribution in [-0.4, -0.2) is 5.11 Å². The molecule has 2 aromatic rings. The van der Waals surface area contributed by atoms with Gasteiger partial charge in [0.15, 0.2) is 0 Å². The minimum absolute atomic E-state index is 0.225. The smallest absolute Gasteiger partial charge is 0.127 e. The van der Waals surface area contributed by atoms with Crippen LogP contribution in [-0.2, 0) is 5.75 Å². The average Bonchev–Trinajstić information content (AvgIpc) is 2.32. The van der Waals surface area contributed by atoms with E-state index in [9.17, 15) is 4.39 Å². The van der Waals surface area contributed by atoms with E-state index in [2.05, 4.69) is 0 Å². The average molecular weight is 269 g/mol. The second-order valence-electron chi connectivity index (χ2n) is 3.52. The Morgan fingerprint density at radius 3 is 2.53 bits per heavy atom. The maximum atomic E-state index is 13.4. The Labute approximate surface area is 108 Å². The van der Waals surface area contributed by atoms with Gasteiger partial charge in [0.05, 0.1) is 0 Å². The molecular formula is C13H10ClFOS. The molecule has 0 radical (unpaired) electrons. The van der Waals surface area contributed by atoms with Crippen molar-refractivity contribution >= 4 is 23.4 Å². The molecule has 0 aliphatic carbocycles. The highest BCUT2D eigenvalue weighted by Crippen LogP contribution is 2.26. The molecule has 2 rings (SSSR count).